The van der Waals surface area contributed by atoms with Crippen LogP contribution in [-0.4, -0.2) is 39.3 Å². The van der Waals surface area contributed by atoms with Crippen LogP contribution < -0.4 is 10.5 Å². The van der Waals surface area contributed by atoms with Gasteiger partial charge in [-0.05, 0) is 12.1 Å². The van der Waals surface area contributed by atoms with Crippen molar-refractivity contribution in [1.82, 2.24) is 14.5 Å². The molecule has 4 rings (SSSR count). The Bertz CT molecular complexity index is 1120. The minimum Gasteiger partial charge on any atom is -0.328 e. The third-order valence-corrected chi connectivity index (χ3v) is 4.57. The van der Waals surface area contributed by atoms with E-state index in [1.54, 1.807) is 30.3 Å². The third-order valence-electron chi connectivity index (χ3n) is 4.57. The number of nitrogens with zero attached hydrogens (tertiary/aromatic N) is 4. The van der Waals surface area contributed by atoms with Gasteiger partial charge in [-0.15, -0.1) is 0 Å². The van der Waals surface area contributed by atoms with Crippen LogP contribution in [0.3, 0.4) is 0 Å². The van der Waals surface area contributed by atoms with Gasteiger partial charge in [0.2, 0.25) is 11.8 Å². The predicted octanol–water partition coefficient (Wildman–Crippen LogP) is 2.78. The Morgan fingerprint density at radius 3 is 2.45 bits per heavy atom. The largest absolute Gasteiger partial charge is 0.328 e. The van der Waals surface area contributed by atoms with Crippen molar-refractivity contribution in [2.75, 3.05) is 18.0 Å². The second kappa shape index (κ2) is 7.16. The van der Waals surface area contributed by atoms with Crippen molar-refractivity contribution in [1.29, 1.82) is 0 Å². The number of Topliss-reactive ketones (excluding diaryl/α,β-unsaturated/α-hetero) is 1. The first-order chi connectivity index (χ1) is 13.9. The second-order valence-corrected chi connectivity index (χ2v) is 6.70. The number of hydrogen-bond donors (Lipinski definition) is 0. The van der Waals surface area contributed by atoms with Gasteiger partial charge in [-0.2, -0.15) is 4.39 Å². The van der Waals surface area contributed by atoms with Crippen LogP contribution >= 0.6 is 0 Å². The lowest BCUT2D eigenvalue weighted by Crippen LogP contribution is -2.51. The number of hydrogen-bond acceptors (Lipinski definition) is 5. The number of ketones is 1. The highest BCUT2D eigenvalue weighted by molar-refractivity contribution is 5.99. The molecule has 0 saturated heterocycles. The van der Waals surface area contributed by atoms with E-state index in [-0.39, 0.29) is 17.2 Å². The van der Waals surface area contributed by atoms with Gasteiger partial charge >= 0.3 is 0 Å². The molecule has 0 saturated carbocycles. The van der Waals surface area contributed by atoms with Crippen LogP contribution in [0.1, 0.15) is 10.4 Å². The highest BCUT2D eigenvalue weighted by Crippen LogP contribution is 2.30. The number of alkyl halides is 2. The van der Waals surface area contributed by atoms with Gasteiger partial charge in [0.25, 0.3) is 11.5 Å². The molecule has 29 heavy (non-hydrogen) atoms. The van der Waals surface area contributed by atoms with Crippen molar-refractivity contribution in [3.63, 3.8) is 0 Å². The molecular formula is C20H15F3N4O2. The maximum absolute atomic E-state index is 14.6. The minimum atomic E-state index is -3.32. The molecule has 0 spiro atoms. The molecule has 0 amide bonds. The fraction of sp³-hybridized carbons (Fsp3) is 0.200. The average molecular weight is 400 g/mol. The molecule has 3 aromatic rings. The Kier molecular flexibility index (Phi) is 4.65. The third kappa shape index (κ3) is 3.63. The number of benzene rings is 1. The van der Waals surface area contributed by atoms with Crippen molar-refractivity contribution in [2.24, 2.45) is 0 Å². The molecule has 0 unspecified atom stereocenters. The van der Waals surface area contributed by atoms with Crippen LogP contribution in [0.15, 0.2) is 59.7 Å². The zero-order valence-corrected chi connectivity index (χ0v) is 15.1. The summed E-state index contributed by atoms with van der Waals surface area (Å²) in [5.41, 5.74) is -0.860. The number of carbonyl (C=O) groups excluding carboxylic acids is 1. The van der Waals surface area contributed by atoms with Crippen molar-refractivity contribution in [3.8, 4) is 11.3 Å². The van der Waals surface area contributed by atoms with Crippen LogP contribution in [0.2, 0.25) is 0 Å². The molecule has 0 radical (unpaired) electrons. The average Bonchev–Trinajstić information content (AvgIpc) is 2.72. The molecule has 6 nitrogen and oxygen atoms in total. The van der Waals surface area contributed by atoms with Gasteiger partial charge in [0, 0.05) is 23.5 Å². The van der Waals surface area contributed by atoms with Gasteiger partial charge in [-0.3, -0.25) is 19.1 Å². The van der Waals surface area contributed by atoms with Crippen LogP contribution in [0.5, 0.6) is 0 Å². The molecule has 0 N–H and O–H groups in total. The molecule has 0 atom stereocenters. The summed E-state index contributed by atoms with van der Waals surface area (Å²) in [7, 11) is 0. The van der Waals surface area contributed by atoms with E-state index in [2.05, 4.69) is 9.97 Å². The molecule has 3 heterocycles. The summed E-state index contributed by atoms with van der Waals surface area (Å²) < 4.78 is 43.7. The molecule has 9 heteroatoms. The van der Waals surface area contributed by atoms with Crippen LogP contribution in [-0.2, 0) is 6.54 Å². The summed E-state index contributed by atoms with van der Waals surface area (Å²) in [6.45, 7) is -2.23. The van der Waals surface area contributed by atoms with E-state index in [0.29, 0.717) is 10.1 Å². The number of aromatic nitrogens is 3. The fourth-order valence-corrected chi connectivity index (χ4v) is 3.25. The summed E-state index contributed by atoms with van der Waals surface area (Å²) in [6.07, 6.45) is 2.80. The Labute approximate surface area is 163 Å². The fourth-order valence-electron chi connectivity index (χ4n) is 3.25. The highest BCUT2D eigenvalue weighted by atomic mass is 19.3. The van der Waals surface area contributed by atoms with Crippen molar-refractivity contribution in [2.45, 2.75) is 12.5 Å². The summed E-state index contributed by atoms with van der Waals surface area (Å²) in [4.78, 5) is 34.0. The van der Waals surface area contributed by atoms with E-state index in [9.17, 15) is 22.8 Å². The van der Waals surface area contributed by atoms with Crippen molar-refractivity contribution < 1.29 is 18.0 Å². The lowest BCUT2D eigenvalue weighted by Gasteiger charge is -2.35. The number of carbonyl (C=O) groups is 1. The molecule has 1 aromatic carbocycles. The van der Waals surface area contributed by atoms with Gasteiger partial charge < -0.3 is 4.90 Å². The van der Waals surface area contributed by atoms with Gasteiger partial charge in [-0.1, -0.05) is 30.3 Å². The Morgan fingerprint density at radius 1 is 1.07 bits per heavy atom. The summed E-state index contributed by atoms with van der Waals surface area (Å²) >= 11 is 0. The minimum absolute atomic E-state index is 0.168. The maximum Gasteiger partial charge on any atom is 0.291 e. The van der Waals surface area contributed by atoms with Gasteiger partial charge in [0.1, 0.15) is 5.69 Å². The number of pyridine rings is 1. The number of halogens is 3. The SMILES string of the molecule is O=C(CN1CC(F)(F)Cn2c1nc(-c1ccncc1)c(F)c2=O)c1ccccc1. The number of anilines is 1. The Morgan fingerprint density at radius 2 is 1.76 bits per heavy atom. The van der Waals surface area contributed by atoms with E-state index in [0.717, 1.165) is 4.90 Å². The van der Waals surface area contributed by atoms with E-state index in [1.165, 1.54) is 24.5 Å². The monoisotopic (exact) mass is 400 g/mol. The smallest absolute Gasteiger partial charge is 0.291 e. The Hall–Kier alpha value is -3.49. The molecule has 1 aliphatic heterocycles. The standard InChI is InChI=1S/C20H15F3N4O2/c21-16-17(14-6-8-24-9-7-14)25-19-26(10-15(28)13-4-2-1-3-5-13)11-20(22,23)12-27(19)18(16)29/h1-9H,10-12H2. The first kappa shape index (κ1) is 18.9. The molecule has 0 fully saturated rings. The maximum atomic E-state index is 14.6. The zero-order chi connectivity index (χ0) is 20.6. The van der Waals surface area contributed by atoms with Gasteiger partial charge in [0.05, 0.1) is 19.6 Å². The van der Waals surface area contributed by atoms with E-state index < -0.39 is 42.7 Å². The summed E-state index contributed by atoms with van der Waals surface area (Å²) in [6, 6.07) is 11.1. The highest BCUT2D eigenvalue weighted by Gasteiger charge is 2.41. The molecule has 0 aliphatic carbocycles. The lowest BCUT2D eigenvalue weighted by molar-refractivity contribution is -0.0175. The zero-order valence-electron chi connectivity index (χ0n) is 15.1. The quantitative estimate of drug-likeness (QED) is 0.630. The predicted molar refractivity (Wildman–Crippen MR) is 99.6 cm³/mol. The first-order valence-corrected chi connectivity index (χ1v) is 8.77. The second-order valence-electron chi connectivity index (χ2n) is 6.70. The molecule has 148 valence electrons. The lowest BCUT2D eigenvalue weighted by atomic mass is 10.1. The number of rotatable bonds is 4. The van der Waals surface area contributed by atoms with Gasteiger partial charge in [0.15, 0.2) is 5.78 Å². The molecular weight excluding hydrogens is 385 g/mol. The Balaban J connectivity index is 1.80. The van der Waals surface area contributed by atoms with E-state index >= 15 is 0 Å². The molecule has 0 bridgehead atoms. The van der Waals surface area contributed by atoms with Gasteiger partial charge in [-0.25, -0.2) is 13.8 Å². The van der Waals surface area contributed by atoms with Crippen molar-refractivity contribution in [3.05, 3.63) is 76.6 Å². The van der Waals surface area contributed by atoms with E-state index in [1.807, 2.05) is 0 Å². The topological polar surface area (TPSA) is 68.1 Å². The molecule has 2 aromatic heterocycles. The number of fused-ring (bicyclic) bond motifs is 1. The van der Waals surface area contributed by atoms with E-state index in [4.69, 9.17) is 0 Å². The first-order valence-electron chi connectivity index (χ1n) is 8.77. The summed E-state index contributed by atoms with van der Waals surface area (Å²) in [5.74, 6) is -5.13. The van der Waals surface area contributed by atoms with Crippen molar-refractivity contribution >= 4 is 11.7 Å². The molecule has 1 aliphatic rings. The normalized spacial score (nSPS) is 15.1. The summed E-state index contributed by atoms with van der Waals surface area (Å²) in [5, 5.41) is 0. The van der Waals surface area contributed by atoms with Crippen LogP contribution in [0, 0.1) is 5.82 Å². The van der Waals surface area contributed by atoms with Crippen LogP contribution in [0.4, 0.5) is 19.1 Å². The van der Waals surface area contributed by atoms with Crippen LogP contribution in [0.25, 0.3) is 11.3 Å².